The second-order valence-corrected chi connectivity index (χ2v) is 4.60. The number of amides is 1. The lowest BCUT2D eigenvalue weighted by Crippen LogP contribution is -2.40. The first-order chi connectivity index (χ1) is 9.11. The highest BCUT2D eigenvalue weighted by atomic mass is 16.4. The van der Waals surface area contributed by atoms with Gasteiger partial charge in [0.1, 0.15) is 0 Å². The zero-order chi connectivity index (χ0) is 13.8. The lowest BCUT2D eigenvalue weighted by atomic mass is 9.82. The number of anilines is 1. The van der Waals surface area contributed by atoms with Gasteiger partial charge in [0.05, 0.1) is 23.7 Å². The van der Waals surface area contributed by atoms with Gasteiger partial charge in [-0.2, -0.15) is 0 Å². The summed E-state index contributed by atoms with van der Waals surface area (Å²) in [5.74, 6) is -2.24. The monoisotopic (exact) mass is 260 g/mol. The van der Waals surface area contributed by atoms with Crippen molar-refractivity contribution in [1.29, 1.82) is 0 Å². The molecule has 19 heavy (non-hydrogen) atoms. The molecule has 0 aromatic carbocycles. The molecule has 1 N–H and O–H groups in total. The van der Waals surface area contributed by atoms with E-state index in [1.807, 2.05) is 12.2 Å². The number of rotatable bonds is 3. The molecule has 0 spiro atoms. The zero-order valence-corrected chi connectivity index (χ0v) is 10.7. The van der Waals surface area contributed by atoms with E-state index in [-0.39, 0.29) is 5.91 Å². The van der Waals surface area contributed by atoms with Gasteiger partial charge < -0.3 is 10.0 Å². The van der Waals surface area contributed by atoms with Crippen LogP contribution in [0, 0.1) is 11.8 Å². The highest BCUT2D eigenvalue weighted by molar-refractivity contribution is 5.96. The number of aliphatic carboxylic acids is 1. The fourth-order valence-electron chi connectivity index (χ4n) is 2.29. The Bertz CT molecular complexity index is 499. The molecule has 5 heteroatoms. The number of nitrogens with zero attached hydrogens (tertiary/aromatic N) is 2. The lowest BCUT2D eigenvalue weighted by Gasteiger charge is -2.28. The minimum absolute atomic E-state index is 0.176. The average molecular weight is 260 g/mol. The van der Waals surface area contributed by atoms with Gasteiger partial charge in [0.15, 0.2) is 0 Å². The van der Waals surface area contributed by atoms with Gasteiger partial charge in [0.25, 0.3) is 0 Å². The Morgan fingerprint density at radius 3 is 2.58 bits per heavy atom. The molecule has 100 valence electrons. The maximum absolute atomic E-state index is 12.4. The number of hydrogen-bond donors (Lipinski definition) is 1. The Morgan fingerprint density at radius 2 is 2.00 bits per heavy atom. The van der Waals surface area contributed by atoms with Crippen molar-refractivity contribution in [3.05, 3.63) is 36.7 Å². The van der Waals surface area contributed by atoms with Crippen LogP contribution < -0.4 is 4.90 Å². The molecule has 1 aromatic heterocycles. The summed E-state index contributed by atoms with van der Waals surface area (Å²) in [6, 6.07) is 3.52. The van der Waals surface area contributed by atoms with Gasteiger partial charge in [-0.1, -0.05) is 12.2 Å². The molecule has 0 aliphatic heterocycles. The summed E-state index contributed by atoms with van der Waals surface area (Å²) >= 11 is 0. The van der Waals surface area contributed by atoms with Crippen molar-refractivity contribution in [1.82, 2.24) is 4.98 Å². The smallest absolute Gasteiger partial charge is 0.307 e. The number of carbonyl (C=O) groups is 2. The Balaban J connectivity index is 2.18. The van der Waals surface area contributed by atoms with Crippen LogP contribution in [0.4, 0.5) is 5.69 Å². The van der Waals surface area contributed by atoms with E-state index in [1.165, 1.54) is 4.90 Å². The van der Waals surface area contributed by atoms with Crippen LogP contribution in [0.2, 0.25) is 0 Å². The molecule has 1 aliphatic rings. The van der Waals surface area contributed by atoms with Crippen LogP contribution in [-0.4, -0.2) is 29.0 Å². The van der Waals surface area contributed by atoms with E-state index in [0.29, 0.717) is 18.5 Å². The summed E-state index contributed by atoms with van der Waals surface area (Å²) < 4.78 is 0. The van der Waals surface area contributed by atoms with E-state index < -0.39 is 17.8 Å². The predicted molar refractivity (Wildman–Crippen MR) is 70.6 cm³/mol. The van der Waals surface area contributed by atoms with Crippen molar-refractivity contribution in [3.8, 4) is 0 Å². The molecular formula is C14H16N2O3. The Morgan fingerprint density at radius 1 is 1.32 bits per heavy atom. The number of hydrogen-bond acceptors (Lipinski definition) is 3. The minimum Gasteiger partial charge on any atom is -0.481 e. The number of aromatic nitrogens is 1. The lowest BCUT2D eigenvalue weighted by molar-refractivity contribution is -0.146. The maximum atomic E-state index is 12.4. The molecule has 2 atom stereocenters. The third-order valence-electron chi connectivity index (χ3n) is 3.43. The topological polar surface area (TPSA) is 70.5 Å². The third kappa shape index (κ3) is 2.81. The van der Waals surface area contributed by atoms with E-state index in [2.05, 4.69) is 4.98 Å². The van der Waals surface area contributed by atoms with E-state index >= 15 is 0 Å². The summed E-state index contributed by atoms with van der Waals surface area (Å²) in [4.78, 5) is 29.1. The van der Waals surface area contributed by atoms with Crippen molar-refractivity contribution in [3.63, 3.8) is 0 Å². The Hall–Kier alpha value is -2.17. The number of carbonyl (C=O) groups excluding carboxylic acids is 1. The highest BCUT2D eigenvalue weighted by Gasteiger charge is 2.35. The van der Waals surface area contributed by atoms with Crippen LogP contribution in [0.3, 0.4) is 0 Å². The van der Waals surface area contributed by atoms with Gasteiger partial charge in [-0.15, -0.1) is 0 Å². The summed E-state index contributed by atoms with van der Waals surface area (Å²) in [5, 5.41) is 9.19. The maximum Gasteiger partial charge on any atom is 0.307 e. The van der Waals surface area contributed by atoms with Gasteiger partial charge in [0, 0.05) is 13.2 Å². The SMILES string of the molecule is CN(C(=O)[C@@H]1CC=CC[C@@H]1C(=O)O)c1cccnc1. The molecule has 1 aromatic rings. The average Bonchev–Trinajstić information content (AvgIpc) is 2.46. The van der Waals surface area contributed by atoms with E-state index in [1.54, 1.807) is 31.6 Å². The van der Waals surface area contributed by atoms with Crippen LogP contribution in [0.5, 0.6) is 0 Å². The van der Waals surface area contributed by atoms with Gasteiger partial charge >= 0.3 is 5.97 Å². The fraction of sp³-hybridized carbons (Fsp3) is 0.357. The van der Waals surface area contributed by atoms with Crippen molar-refractivity contribution in [2.75, 3.05) is 11.9 Å². The molecule has 1 aliphatic carbocycles. The van der Waals surface area contributed by atoms with Gasteiger partial charge in [-0.25, -0.2) is 0 Å². The second-order valence-electron chi connectivity index (χ2n) is 4.60. The molecule has 2 rings (SSSR count). The first-order valence-corrected chi connectivity index (χ1v) is 6.16. The molecular weight excluding hydrogens is 244 g/mol. The van der Waals surface area contributed by atoms with Crippen LogP contribution in [-0.2, 0) is 9.59 Å². The third-order valence-corrected chi connectivity index (χ3v) is 3.43. The molecule has 0 unspecified atom stereocenters. The molecule has 1 heterocycles. The van der Waals surface area contributed by atoms with Crippen LogP contribution in [0.1, 0.15) is 12.8 Å². The Kier molecular flexibility index (Phi) is 3.94. The van der Waals surface area contributed by atoms with Crippen LogP contribution >= 0.6 is 0 Å². The molecule has 0 radical (unpaired) electrons. The predicted octanol–water partition coefficient (Wildman–Crippen LogP) is 1.71. The molecule has 0 saturated heterocycles. The number of carboxylic acids is 1. The summed E-state index contributed by atoms with van der Waals surface area (Å²) in [5.41, 5.74) is 0.672. The first-order valence-electron chi connectivity index (χ1n) is 6.16. The standard InChI is InChI=1S/C14H16N2O3/c1-16(10-5-4-8-15-9-10)13(17)11-6-2-3-7-12(11)14(18)19/h2-5,8-9,11-12H,6-7H2,1H3,(H,18,19)/t11-,12+/m1/s1. The molecule has 1 amide bonds. The zero-order valence-electron chi connectivity index (χ0n) is 10.7. The Labute approximate surface area is 111 Å². The number of allylic oxidation sites excluding steroid dienone is 2. The minimum atomic E-state index is -0.915. The van der Waals surface area contributed by atoms with Gasteiger partial charge in [0.2, 0.25) is 5.91 Å². The summed E-state index contributed by atoms with van der Waals surface area (Å²) in [6.45, 7) is 0. The fourth-order valence-corrected chi connectivity index (χ4v) is 2.29. The molecule has 0 saturated carbocycles. The molecule has 5 nitrogen and oxygen atoms in total. The number of pyridine rings is 1. The van der Waals surface area contributed by atoms with Crippen molar-refractivity contribution >= 4 is 17.6 Å². The highest BCUT2D eigenvalue weighted by Crippen LogP contribution is 2.28. The summed E-state index contributed by atoms with van der Waals surface area (Å²) in [7, 11) is 1.65. The van der Waals surface area contributed by atoms with Crippen molar-refractivity contribution in [2.24, 2.45) is 11.8 Å². The van der Waals surface area contributed by atoms with Crippen molar-refractivity contribution < 1.29 is 14.7 Å². The number of carboxylic acid groups (broad SMARTS) is 1. The van der Waals surface area contributed by atoms with Crippen LogP contribution in [0.25, 0.3) is 0 Å². The quantitative estimate of drug-likeness (QED) is 0.840. The van der Waals surface area contributed by atoms with Crippen molar-refractivity contribution in [2.45, 2.75) is 12.8 Å². The van der Waals surface area contributed by atoms with E-state index in [4.69, 9.17) is 0 Å². The van der Waals surface area contributed by atoms with E-state index in [0.717, 1.165) is 0 Å². The summed E-state index contributed by atoms with van der Waals surface area (Å²) in [6.07, 6.45) is 7.80. The molecule has 0 bridgehead atoms. The first kappa shape index (κ1) is 13.3. The van der Waals surface area contributed by atoms with E-state index in [9.17, 15) is 14.7 Å². The van der Waals surface area contributed by atoms with Gasteiger partial charge in [-0.3, -0.25) is 14.6 Å². The van der Waals surface area contributed by atoms with Crippen LogP contribution in [0.15, 0.2) is 36.7 Å². The molecule has 0 fully saturated rings. The van der Waals surface area contributed by atoms with Gasteiger partial charge in [-0.05, 0) is 25.0 Å². The second kappa shape index (κ2) is 5.65. The largest absolute Gasteiger partial charge is 0.481 e. The normalized spacial score (nSPS) is 21.9.